The number of rotatable bonds is 1. The van der Waals surface area contributed by atoms with Crippen LogP contribution < -0.4 is 0 Å². The van der Waals surface area contributed by atoms with Crippen LogP contribution in [0.5, 0.6) is 0 Å². The van der Waals surface area contributed by atoms with Crippen molar-refractivity contribution in [1.29, 1.82) is 0 Å². The Morgan fingerprint density at radius 1 is 1.67 bits per heavy atom. The van der Waals surface area contributed by atoms with Gasteiger partial charge in [-0.3, -0.25) is 4.79 Å². The average molecular weight is 149 g/mol. The van der Waals surface area contributed by atoms with E-state index in [0.717, 1.165) is 0 Å². The number of hydrogen-bond acceptors (Lipinski definition) is 1. The van der Waals surface area contributed by atoms with Gasteiger partial charge in [0, 0.05) is 0 Å². The Bertz CT molecular complexity index is 153. The summed E-state index contributed by atoms with van der Waals surface area (Å²) in [6, 6.07) is 0. The minimum atomic E-state index is -0.778. The minimum absolute atomic E-state index is 0.171. The molecule has 1 aliphatic rings. The molecule has 2 atom stereocenters. The van der Waals surface area contributed by atoms with Gasteiger partial charge in [-0.05, 0) is 5.41 Å². The Balaban J connectivity index is 2.62. The zero-order valence-electron chi connectivity index (χ0n) is 5.39. The van der Waals surface area contributed by atoms with Crippen molar-refractivity contribution in [3.05, 3.63) is 0 Å². The molecule has 1 saturated carbocycles. The van der Waals surface area contributed by atoms with Crippen LogP contribution in [0.3, 0.4) is 0 Å². The maximum atomic E-state index is 10.3. The van der Waals surface area contributed by atoms with Crippen molar-refractivity contribution in [2.45, 2.75) is 19.2 Å². The highest BCUT2D eigenvalue weighted by molar-refractivity contribution is 6.25. The van der Waals surface area contributed by atoms with Crippen molar-refractivity contribution >= 4 is 17.6 Å². The van der Waals surface area contributed by atoms with Crippen LogP contribution in [0.4, 0.5) is 0 Å². The van der Waals surface area contributed by atoms with E-state index in [4.69, 9.17) is 16.7 Å². The smallest absolute Gasteiger partial charge is 0.308 e. The Morgan fingerprint density at radius 2 is 2.00 bits per heavy atom. The summed E-state index contributed by atoms with van der Waals surface area (Å²) in [5, 5.41) is 8.30. The largest absolute Gasteiger partial charge is 0.481 e. The first-order chi connectivity index (χ1) is 3.98. The molecule has 0 heterocycles. The second-order valence-electron chi connectivity index (χ2n) is 3.04. The molecule has 0 bridgehead atoms. The lowest BCUT2D eigenvalue weighted by Gasteiger charge is -1.94. The monoisotopic (exact) mass is 148 g/mol. The molecule has 0 amide bonds. The van der Waals surface area contributed by atoms with Crippen LogP contribution in [-0.4, -0.2) is 16.5 Å². The molecule has 1 unspecified atom stereocenters. The highest BCUT2D eigenvalue weighted by Gasteiger charge is 2.61. The Hall–Kier alpha value is -0.240. The van der Waals surface area contributed by atoms with E-state index in [2.05, 4.69) is 0 Å². The van der Waals surface area contributed by atoms with Crippen molar-refractivity contribution in [2.75, 3.05) is 0 Å². The van der Waals surface area contributed by atoms with Gasteiger partial charge in [-0.1, -0.05) is 13.8 Å². The second-order valence-corrected chi connectivity index (χ2v) is 3.51. The first kappa shape index (κ1) is 6.87. The number of halogens is 1. The van der Waals surface area contributed by atoms with Gasteiger partial charge >= 0.3 is 5.97 Å². The third-order valence-electron chi connectivity index (χ3n) is 1.96. The highest BCUT2D eigenvalue weighted by Crippen LogP contribution is 2.55. The van der Waals surface area contributed by atoms with Crippen LogP contribution in [0.1, 0.15) is 13.8 Å². The second kappa shape index (κ2) is 1.63. The van der Waals surface area contributed by atoms with E-state index in [-0.39, 0.29) is 16.7 Å². The number of hydrogen-bond donors (Lipinski definition) is 1. The molecular formula is C6H9ClO2. The first-order valence-electron chi connectivity index (χ1n) is 2.85. The molecule has 3 heteroatoms. The molecule has 1 fully saturated rings. The molecule has 0 aromatic heterocycles. The van der Waals surface area contributed by atoms with Gasteiger partial charge in [-0.2, -0.15) is 0 Å². The Kier molecular flexibility index (Phi) is 1.24. The van der Waals surface area contributed by atoms with E-state index < -0.39 is 5.97 Å². The van der Waals surface area contributed by atoms with E-state index in [0.29, 0.717) is 0 Å². The number of aliphatic carboxylic acids is 1. The maximum Gasteiger partial charge on any atom is 0.308 e. The molecule has 0 saturated heterocycles. The zero-order chi connectivity index (χ0) is 7.23. The molecule has 1 rings (SSSR count). The van der Waals surface area contributed by atoms with Gasteiger partial charge in [0.25, 0.3) is 0 Å². The van der Waals surface area contributed by atoms with E-state index in [1.807, 2.05) is 13.8 Å². The number of carbonyl (C=O) groups is 1. The molecule has 0 aromatic rings. The first-order valence-corrected chi connectivity index (χ1v) is 3.28. The van der Waals surface area contributed by atoms with Crippen LogP contribution in [0.2, 0.25) is 0 Å². The Morgan fingerprint density at radius 3 is 2.00 bits per heavy atom. The normalized spacial score (nSPS) is 38.1. The zero-order valence-corrected chi connectivity index (χ0v) is 6.14. The SMILES string of the molecule is CC1(C)C(C(=O)O)[C@H]1Cl. The van der Waals surface area contributed by atoms with E-state index in [1.165, 1.54) is 0 Å². The number of carboxylic acids is 1. The van der Waals surface area contributed by atoms with Crippen LogP contribution in [0.25, 0.3) is 0 Å². The van der Waals surface area contributed by atoms with Crippen LogP contribution in [-0.2, 0) is 4.79 Å². The number of carboxylic acid groups (broad SMARTS) is 1. The van der Waals surface area contributed by atoms with Gasteiger partial charge in [0.1, 0.15) is 0 Å². The van der Waals surface area contributed by atoms with Crippen molar-refractivity contribution in [3.8, 4) is 0 Å². The molecule has 0 radical (unpaired) electrons. The van der Waals surface area contributed by atoms with Crippen LogP contribution >= 0.6 is 11.6 Å². The fraction of sp³-hybridized carbons (Fsp3) is 0.833. The number of alkyl halides is 1. The maximum absolute atomic E-state index is 10.3. The predicted octanol–water partition coefficient (Wildman–Crippen LogP) is 1.33. The molecule has 52 valence electrons. The Labute approximate surface area is 58.8 Å². The lowest BCUT2D eigenvalue weighted by atomic mass is 10.1. The van der Waals surface area contributed by atoms with E-state index >= 15 is 0 Å². The van der Waals surface area contributed by atoms with E-state index in [9.17, 15) is 4.79 Å². The molecule has 0 spiro atoms. The van der Waals surface area contributed by atoms with Crippen molar-refractivity contribution in [1.82, 2.24) is 0 Å². The summed E-state index contributed by atoms with van der Waals surface area (Å²) in [6.45, 7) is 3.73. The minimum Gasteiger partial charge on any atom is -0.481 e. The lowest BCUT2D eigenvalue weighted by molar-refractivity contribution is -0.139. The molecule has 9 heavy (non-hydrogen) atoms. The molecule has 0 aliphatic heterocycles. The van der Waals surface area contributed by atoms with Crippen LogP contribution in [0.15, 0.2) is 0 Å². The topological polar surface area (TPSA) is 37.3 Å². The standard InChI is InChI=1S/C6H9ClO2/c1-6(2)3(4(6)7)5(8)9/h3-4H,1-2H3,(H,8,9)/t3?,4-/m1/s1. The highest BCUT2D eigenvalue weighted by atomic mass is 35.5. The van der Waals surface area contributed by atoms with Crippen molar-refractivity contribution in [3.63, 3.8) is 0 Å². The molecule has 2 nitrogen and oxygen atoms in total. The lowest BCUT2D eigenvalue weighted by Crippen LogP contribution is -2.03. The van der Waals surface area contributed by atoms with Gasteiger partial charge in [0.05, 0.1) is 11.3 Å². The molecule has 0 aromatic carbocycles. The van der Waals surface area contributed by atoms with Gasteiger partial charge in [0.15, 0.2) is 0 Å². The van der Waals surface area contributed by atoms with Gasteiger partial charge in [0.2, 0.25) is 0 Å². The summed E-state index contributed by atoms with van der Waals surface area (Å²) in [7, 11) is 0. The fourth-order valence-electron chi connectivity index (χ4n) is 1.02. The third kappa shape index (κ3) is 0.816. The molecule has 1 aliphatic carbocycles. The third-order valence-corrected chi connectivity index (χ3v) is 2.78. The summed E-state index contributed by atoms with van der Waals surface area (Å²) in [4.78, 5) is 10.3. The quantitative estimate of drug-likeness (QED) is 0.570. The summed E-state index contributed by atoms with van der Waals surface area (Å²) < 4.78 is 0. The van der Waals surface area contributed by atoms with Gasteiger partial charge in [-0.15, -0.1) is 11.6 Å². The van der Waals surface area contributed by atoms with Crippen molar-refractivity contribution < 1.29 is 9.90 Å². The molecule has 1 N–H and O–H groups in total. The summed E-state index contributed by atoms with van der Waals surface area (Å²) in [6.07, 6.45) is 0. The van der Waals surface area contributed by atoms with E-state index in [1.54, 1.807) is 0 Å². The van der Waals surface area contributed by atoms with Gasteiger partial charge < -0.3 is 5.11 Å². The van der Waals surface area contributed by atoms with Gasteiger partial charge in [-0.25, -0.2) is 0 Å². The van der Waals surface area contributed by atoms with Crippen LogP contribution in [0, 0.1) is 11.3 Å². The fourth-order valence-corrected chi connectivity index (χ4v) is 1.51. The summed E-state index contributed by atoms with van der Waals surface area (Å²) >= 11 is 5.66. The predicted molar refractivity (Wildman–Crippen MR) is 34.5 cm³/mol. The van der Waals surface area contributed by atoms with Crippen molar-refractivity contribution in [2.24, 2.45) is 11.3 Å². The average Bonchev–Trinajstić information content (AvgIpc) is 2.07. The summed E-state index contributed by atoms with van der Waals surface area (Å²) in [5.74, 6) is -1.11. The molecular weight excluding hydrogens is 140 g/mol. The summed E-state index contributed by atoms with van der Waals surface area (Å²) in [5.41, 5.74) is -0.187.